The molecule has 43 heavy (non-hydrogen) atoms. The fourth-order valence-electron chi connectivity index (χ4n) is 4.99. The highest BCUT2D eigenvalue weighted by atomic mass is 32.1. The number of amides is 2. The number of benzene rings is 1. The number of carbonyl (C=O) groups is 2. The van der Waals surface area contributed by atoms with Gasteiger partial charge in [-0.2, -0.15) is 32.1 Å². The van der Waals surface area contributed by atoms with Crippen molar-refractivity contribution in [2.45, 2.75) is 57.7 Å². The molecule has 3 N–H and O–H groups in total. The Bertz CT molecular complexity index is 1370. The Morgan fingerprint density at radius 2 is 1.93 bits per heavy atom. The van der Waals surface area contributed by atoms with Crippen LogP contribution in [0, 0.1) is 0 Å². The molecular formula is C31H43FN6O3S2. The fourth-order valence-corrected chi connectivity index (χ4v) is 4.99. The molecule has 1 saturated heterocycles. The predicted octanol–water partition coefficient (Wildman–Crippen LogP) is 5.51. The highest BCUT2D eigenvalue weighted by Gasteiger charge is 2.31. The van der Waals surface area contributed by atoms with Crippen molar-refractivity contribution in [2.24, 2.45) is 0 Å². The Kier molecular flexibility index (Phi) is 13.9. The van der Waals surface area contributed by atoms with Gasteiger partial charge in [-0.05, 0) is 49.4 Å². The van der Waals surface area contributed by atoms with Gasteiger partial charge in [-0.3, -0.25) is 19.6 Å². The number of likely N-dealkylation sites (tertiary alicyclic amines) is 1. The Balaban J connectivity index is 0.00000215. The van der Waals surface area contributed by atoms with Gasteiger partial charge in [0.15, 0.2) is 5.82 Å². The monoisotopic (exact) mass is 630 g/mol. The summed E-state index contributed by atoms with van der Waals surface area (Å²) in [6, 6.07) is 13.3. The molecule has 234 valence electrons. The molecule has 0 bridgehead atoms. The second kappa shape index (κ2) is 16.6. The Morgan fingerprint density at radius 1 is 1.14 bits per heavy atom. The third-order valence-corrected chi connectivity index (χ3v) is 7.44. The van der Waals surface area contributed by atoms with Crippen LogP contribution in [0.25, 0.3) is 11.1 Å². The van der Waals surface area contributed by atoms with Crippen LogP contribution in [0.2, 0.25) is 0 Å². The van der Waals surface area contributed by atoms with Crippen molar-refractivity contribution in [3.05, 3.63) is 72.1 Å². The fraction of sp³-hybridized carbons (Fsp3) is 0.419. The van der Waals surface area contributed by atoms with E-state index in [0.717, 1.165) is 35.2 Å². The topological polar surface area (TPSA) is 112 Å². The summed E-state index contributed by atoms with van der Waals surface area (Å²) in [5.41, 5.74) is 3.73. The molecule has 1 unspecified atom stereocenters. The maximum absolute atomic E-state index is 13.7. The SMILES string of the molecule is C.COC[C@@H]1C[C@H](F)CN1C/C=C/C(=O)Nc1ccc(-c2cccc(C(C)C(=O)Nc3cc(C4CC4)[nH]n3)c2)cn1.S.S. The Labute approximate surface area is 267 Å². The second-order valence-electron chi connectivity index (χ2n) is 10.5. The molecule has 9 nitrogen and oxygen atoms in total. The molecule has 12 heteroatoms. The van der Waals surface area contributed by atoms with Crippen molar-refractivity contribution >= 4 is 50.4 Å². The molecule has 3 aromatic rings. The van der Waals surface area contributed by atoms with E-state index >= 15 is 0 Å². The summed E-state index contributed by atoms with van der Waals surface area (Å²) < 4.78 is 18.9. The first kappa shape index (κ1) is 36.0. The Morgan fingerprint density at radius 3 is 2.63 bits per heavy atom. The first-order valence-electron chi connectivity index (χ1n) is 13.7. The number of hydrogen-bond acceptors (Lipinski definition) is 6. The zero-order chi connectivity index (χ0) is 28.1. The van der Waals surface area contributed by atoms with E-state index in [2.05, 4.69) is 25.8 Å². The predicted molar refractivity (Wildman–Crippen MR) is 179 cm³/mol. The minimum Gasteiger partial charge on any atom is -0.383 e. The number of ether oxygens (including phenoxy) is 1. The number of H-pyrrole nitrogens is 1. The largest absolute Gasteiger partial charge is 0.383 e. The smallest absolute Gasteiger partial charge is 0.249 e. The minimum atomic E-state index is -0.867. The number of aromatic amines is 1. The maximum atomic E-state index is 13.7. The number of hydrogen-bond donors (Lipinski definition) is 3. The number of methoxy groups -OCH3 is 1. The number of aromatic nitrogens is 3. The van der Waals surface area contributed by atoms with Crippen molar-refractivity contribution in [1.29, 1.82) is 0 Å². The van der Waals surface area contributed by atoms with Crippen molar-refractivity contribution in [1.82, 2.24) is 20.1 Å². The van der Waals surface area contributed by atoms with Crippen molar-refractivity contribution in [3.63, 3.8) is 0 Å². The lowest BCUT2D eigenvalue weighted by Crippen LogP contribution is -2.33. The van der Waals surface area contributed by atoms with Crippen LogP contribution in [-0.2, 0) is 14.3 Å². The van der Waals surface area contributed by atoms with E-state index in [4.69, 9.17) is 4.74 Å². The molecule has 0 spiro atoms. The first-order chi connectivity index (χ1) is 19.4. The summed E-state index contributed by atoms with van der Waals surface area (Å²) in [5, 5.41) is 12.9. The van der Waals surface area contributed by atoms with Crippen LogP contribution in [0.5, 0.6) is 0 Å². The van der Waals surface area contributed by atoms with Gasteiger partial charge < -0.3 is 15.4 Å². The van der Waals surface area contributed by atoms with Gasteiger partial charge in [0.25, 0.3) is 0 Å². The van der Waals surface area contributed by atoms with E-state index in [1.807, 2.05) is 48.2 Å². The summed E-state index contributed by atoms with van der Waals surface area (Å²) in [4.78, 5) is 31.6. The van der Waals surface area contributed by atoms with E-state index in [1.54, 1.807) is 25.4 Å². The number of carbonyl (C=O) groups excluding carboxylic acids is 2. The number of nitrogens with one attached hydrogen (secondary N) is 3. The molecule has 0 radical (unpaired) electrons. The van der Waals surface area contributed by atoms with Gasteiger partial charge in [-0.1, -0.05) is 37.8 Å². The van der Waals surface area contributed by atoms with E-state index in [-0.39, 0.29) is 58.2 Å². The van der Waals surface area contributed by atoms with Gasteiger partial charge in [-0.25, -0.2) is 9.37 Å². The highest BCUT2D eigenvalue weighted by molar-refractivity contribution is 7.59. The lowest BCUT2D eigenvalue weighted by Gasteiger charge is -2.21. The molecule has 3 atom stereocenters. The third-order valence-electron chi connectivity index (χ3n) is 7.44. The van der Waals surface area contributed by atoms with E-state index in [9.17, 15) is 14.0 Å². The summed E-state index contributed by atoms with van der Waals surface area (Å²) in [6.07, 6.45) is 6.76. The number of halogens is 1. The molecule has 1 aliphatic carbocycles. The van der Waals surface area contributed by atoms with Gasteiger partial charge in [-0.15, -0.1) is 0 Å². The molecule has 2 amide bonds. The molecule has 1 saturated carbocycles. The molecule has 3 heterocycles. The van der Waals surface area contributed by atoms with E-state index < -0.39 is 6.17 Å². The molecule has 1 aliphatic heterocycles. The van der Waals surface area contributed by atoms with Gasteiger partial charge in [0.05, 0.1) is 12.5 Å². The van der Waals surface area contributed by atoms with Crippen LogP contribution in [0.15, 0.2) is 60.8 Å². The summed E-state index contributed by atoms with van der Waals surface area (Å²) in [7, 11) is 1.61. The van der Waals surface area contributed by atoms with Gasteiger partial charge in [0, 0.05) is 61.8 Å². The lowest BCUT2D eigenvalue weighted by atomic mass is 9.96. The zero-order valence-corrected chi connectivity index (χ0v) is 25.8. The van der Waals surface area contributed by atoms with Crippen LogP contribution < -0.4 is 10.6 Å². The summed E-state index contributed by atoms with van der Waals surface area (Å²) in [5.74, 6) is 0.708. The van der Waals surface area contributed by atoms with E-state index in [1.165, 1.54) is 6.08 Å². The van der Waals surface area contributed by atoms with Crippen LogP contribution in [0.1, 0.15) is 56.7 Å². The molecular weight excluding hydrogens is 588 g/mol. The van der Waals surface area contributed by atoms with Gasteiger partial charge in [0.1, 0.15) is 12.0 Å². The number of anilines is 2. The Hall–Kier alpha value is -3.19. The minimum absolute atomic E-state index is 0. The lowest BCUT2D eigenvalue weighted by molar-refractivity contribution is -0.117. The average Bonchev–Trinajstić information content (AvgIpc) is 3.60. The van der Waals surface area contributed by atoms with E-state index in [0.29, 0.717) is 43.7 Å². The molecule has 2 fully saturated rings. The quantitative estimate of drug-likeness (QED) is 0.241. The maximum Gasteiger partial charge on any atom is 0.249 e. The number of rotatable bonds is 11. The van der Waals surface area contributed by atoms with Crippen LogP contribution in [0.4, 0.5) is 16.0 Å². The molecule has 5 rings (SSSR count). The summed E-state index contributed by atoms with van der Waals surface area (Å²) >= 11 is 0. The second-order valence-corrected chi connectivity index (χ2v) is 10.5. The van der Waals surface area contributed by atoms with Gasteiger partial charge in [0.2, 0.25) is 11.8 Å². The normalized spacial score (nSPS) is 18.7. The van der Waals surface area contributed by atoms with Crippen molar-refractivity contribution in [3.8, 4) is 11.1 Å². The van der Waals surface area contributed by atoms with Crippen LogP contribution >= 0.6 is 27.0 Å². The summed E-state index contributed by atoms with van der Waals surface area (Å²) in [6.45, 7) is 3.16. The van der Waals surface area contributed by atoms with Crippen molar-refractivity contribution in [2.75, 3.05) is 37.4 Å². The van der Waals surface area contributed by atoms with Gasteiger partial charge >= 0.3 is 0 Å². The average molecular weight is 631 g/mol. The highest BCUT2D eigenvalue weighted by Crippen LogP contribution is 2.39. The number of nitrogens with zero attached hydrogens (tertiary/aromatic N) is 3. The molecule has 1 aromatic carbocycles. The van der Waals surface area contributed by atoms with Crippen LogP contribution in [-0.4, -0.2) is 70.9 Å². The molecule has 2 aromatic heterocycles. The molecule has 2 aliphatic rings. The zero-order valence-electron chi connectivity index (χ0n) is 23.8. The van der Waals surface area contributed by atoms with Crippen LogP contribution in [0.3, 0.4) is 0 Å². The number of alkyl halides is 1. The standard InChI is InChI=1S/C30H35FN6O3.CH4.2H2S/c1-19(30(39)34-28-15-26(35-36-28)20-8-9-20)21-5-3-6-22(13-21)23-10-11-27(32-16-23)33-29(38)7-4-12-37-17-24(31)14-25(37)18-40-2;;;/h3-7,10-11,13,15-16,19-20,24-25H,8-9,12,14,17-18H2,1-2H3,(H,32,33,38)(H2,34,35,36,39);1H4;2*1H2/b7-4+;;;/t19?,24-,25-;;;/m0.../s1. The third kappa shape index (κ3) is 9.65. The number of pyridine rings is 1. The van der Waals surface area contributed by atoms with Crippen molar-refractivity contribution < 1.29 is 18.7 Å². The first-order valence-corrected chi connectivity index (χ1v) is 13.7.